The van der Waals surface area contributed by atoms with Crippen LogP contribution in [-0.4, -0.2) is 21.4 Å². The second-order valence-corrected chi connectivity index (χ2v) is 5.85. The van der Waals surface area contributed by atoms with Crippen molar-refractivity contribution in [2.75, 3.05) is 6.54 Å². The van der Waals surface area contributed by atoms with E-state index in [1.165, 1.54) is 22.9 Å². The maximum absolute atomic E-state index is 14.3. The van der Waals surface area contributed by atoms with Crippen LogP contribution in [0.1, 0.15) is 11.3 Å². The van der Waals surface area contributed by atoms with Gasteiger partial charge >= 0.3 is 0 Å². The highest BCUT2D eigenvalue weighted by atomic mass is 19.2. The van der Waals surface area contributed by atoms with E-state index in [2.05, 4.69) is 10.4 Å². The van der Waals surface area contributed by atoms with Crippen molar-refractivity contribution in [3.63, 3.8) is 0 Å². The Morgan fingerprint density at radius 1 is 1.00 bits per heavy atom. The molecular weight excluding hydrogens is 331 g/mol. The minimum Gasteiger partial charge on any atom is -0.508 e. The molecule has 0 radical (unpaired) electrons. The van der Waals surface area contributed by atoms with Crippen LogP contribution in [0.2, 0.25) is 0 Å². The molecule has 0 fully saturated rings. The first-order valence-electron chi connectivity index (χ1n) is 7.81. The highest BCUT2D eigenvalue weighted by molar-refractivity contribution is 5.66. The van der Waals surface area contributed by atoms with Crippen LogP contribution >= 0.6 is 0 Å². The van der Waals surface area contributed by atoms with Crippen molar-refractivity contribution in [2.24, 2.45) is 0 Å². The van der Waals surface area contributed by atoms with Gasteiger partial charge in [-0.2, -0.15) is 5.10 Å². The zero-order chi connectivity index (χ0) is 17.6. The van der Waals surface area contributed by atoms with Crippen molar-refractivity contribution in [3.8, 4) is 22.7 Å². The zero-order valence-corrected chi connectivity index (χ0v) is 13.1. The Morgan fingerprint density at radius 2 is 1.76 bits per heavy atom. The lowest BCUT2D eigenvalue weighted by Crippen LogP contribution is -2.25. The lowest BCUT2D eigenvalue weighted by atomic mass is 10.0. The van der Waals surface area contributed by atoms with E-state index in [1.54, 1.807) is 12.1 Å². The third-order valence-corrected chi connectivity index (χ3v) is 4.31. The van der Waals surface area contributed by atoms with Gasteiger partial charge in [0.25, 0.3) is 0 Å². The van der Waals surface area contributed by atoms with Gasteiger partial charge in [-0.1, -0.05) is 0 Å². The molecule has 1 aliphatic heterocycles. The third-order valence-electron chi connectivity index (χ3n) is 4.31. The van der Waals surface area contributed by atoms with Gasteiger partial charge < -0.3 is 10.4 Å². The average Bonchev–Trinajstić information content (AvgIpc) is 3.00. The van der Waals surface area contributed by atoms with Crippen LogP contribution in [-0.2, 0) is 13.0 Å². The van der Waals surface area contributed by atoms with Crippen LogP contribution in [0.25, 0.3) is 16.9 Å². The van der Waals surface area contributed by atoms with E-state index in [0.29, 0.717) is 25.2 Å². The maximum atomic E-state index is 14.3. The second-order valence-electron chi connectivity index (χ2n) is 5.85. The van der Waals surface area contributed by atoms with Crippen LogP contribution < -0.4 is 5.32 Å². The molecule has 2 N–H and O–H groups in total. The first kappa shape index (κ1) is 15.7. The number of aromatic hydroxyl groups is 1. The molecule has 2 heterocycles. The smallest absolute Gasteiger partial charge is 0.196 e. The quantitative estimate of drug-likeness (QED) is 0.701. The van der Waals surface area contributed by atoms with Gasteiger partial charge in [0, 0.05) is 30.6 Å². The predicted molar refractivity (Wildman–Crippen MR) is 85.9 cm³/mol. The van der Waals surface area contributed by atoms with Gasteiger partial charge in [-0.25, -0.2) is 17.9 Å². The summed E-state index contributed by atoms with van der Waals surface area (Å²) in [4.78, 5) is 0. The average molecular weight is 345 g/mol. The maximum Gasteiger partial charge on any atom is 0.196 e. The molecule has 3 aromatic rings. The van der Waals surface area contributed by atoms with Crippen LogP contribution in [0.15, 0.2) is 36.4 Å². The number of phenolic OH excluding ortho intramolecular Hbond substituents is 1. The molecule has 0 atom stereocenters. The fraction of sp³-hybridized carbons (Fsp3) is 0.167. The molecule has 1 aliphatic rings. The standard InChI is InChI=1S/C18H14F3N3O/c19-13-5-6-15(17(21)16(13)20)24-14-7-8-22-9-12(14)18(23-24)10-1-3-11(25)4-2-10/h1-6,22,25H,7-9H2. The topological polar surface area (TPSA) is 50.1 Å². The molecule has 128 valence electrons. The Hall–Kier alpha value is -2.80. The Kier molecular flexibility index (Phi) is 3.73. The second kappa shape index (κ2) is 5.93. The normalized spacial score (nSPS) is 13.7. The van der Waals surface area contributed by atoms with Gasteiger partial charge in [0.15, 0.2) is 17.5 Å². The van der Waals surface area contributed by atoms with Gasteiger partial charge in [0.05, 0.1) is 11.4 Å². The number of aromatic nitrogens is 2. The largest absolute Gasteiger partial charge is 0.508 e. The Bertz CT molecular complexity index is 951. The fourth-order valence-electron chi connectivity index (χ4n) is 3.08. The monoisotopic (exact) mass is 345 g/mol. The summed E-state index contributed by atoms with van der Waals surface area (Å²) in [6.45, 7) is 1.22. The van der Waals surface area contributed by atoms with E-state index in [1.807, 2.05) is 0 Å². The van der Waals surface area contributed by atoms with Crippen LogP contribution in [0.4, 0.5) is 13.2 Å². The molecule has 1 aromatic heterocycles. The highest BCUT2D eigenvalue weighted by Gasteiger charge is 2.25. The summed E-state index contributed by atoms with van der Waals surface area (Å²) in [6.07, 6.45) is 0.582. The molecule has 7 heteroatoms. The zero-order valence-electron chi connectivity index (χ0n) is 13.1. The molecule has 0 saturated carbocycles. The summed E-state index contributed by atoms with van der Waals surface area (Å²) < 4.78 is 42.5. The summed E-state index contributed by atoms with van der Waals surface area (Å²) in [5, 5.41) is 17.1. The summed E-state index contributed by atoms with van der Waals surface area (Å²) >= 11 is 0. The first-order valence-corrected chi connectivity index (χ1v) is 7.81. The van der Waals surface area contributed by atoms with Crippen molar-refractivity contribution in [1.29, 1.82) is 0 Å². The number of rotatable bonds is 2. The third kappa shape index (κ3) is 2.56. The minimum atomic E-state index is -1.51. The van der Waals surface area contributed by atoms with Gasteiger partial charge in [-0.3, -0.25) is 0 Å². The van der Waals surface area contributed by atoms with Crippen molar-refractivity contribution in [1.82, 2.24) is 15.1 Å². The van der Waals surface area contributed by atoms with Gasteiger partial charge in [-0.15, -0.1) is 0 Å². The van der Waals surface area contributed by atoms with Crippen molar-refractivity contribution < 1.29 is 18.3 Å². The molecule has 0 saturated heterocycles. The number of benzene rings is 2. The van der Waals surface area contributed by atoms with E-state index >= 15 is 0 Å². The molecule has 25 heavy (non-hydrogen) atoms. The van der Waals surface area contributed by atoms with Crippen LogP contribution in [0.5, 0.6) is 5.75 Å². The van der Waals surface area contributed by atoms with Gasteiger partial charge in [0.1, 0.15) is 11.4 Å². The van der Waals surface area contributed by atoms with E-state index in [9.17, 15) is 18.3 Å². The van der Waals surface area contributed by atoms with Crippen LogP contribution in [0, 0.1) is 17.5 Å². The number of hydrogen-bond acceptors (Lipinski definition) is 3. The lowest BCUT2D eigenvalue weighted by molar-refractivity contribution is 0.442. The summed E-state index contributed by atoms with van der Waals surface area (Å²) in [7, 11) is 0. The van der Waals surface area contributed by atoms with E-state index < -0.39 is 17.5 Å². The fourth-order valence-corrected chi connectivity index (χ4v) is 3.08. The Morgan fingerprint density at radius 3 is 2.52 bits per heavy atom. The van der Waals surface area contributed by atoms with E-state index in [-0.39, 0.29) is 11.4 Å². The molecule has 0 unspecified atom stereocenters. The molecule has 0 amide bonds. The summed E-state index contributed by atoms with van der Waals surface area (Å²) in [5.41, 5.74) is 2.88. The lowest BCUT2D eigenvalue weighted by Gasteiger charge is -2.16. The first-order chi connectivity index (χ1) is 12.1. The summed E-state index contributed by atoms with van der Waals surface area (Å²) in [5.74, 6) is -3.88. The number of fused-ring (bicyclic) bond motifs is 1. The Balaban J connectivity index is 1.93. The molecule has 2 aromatic carbocycles. The van der Waals surface area contributed by atoms with Gasteiger partial charge in [0.2, 0.25) is 0 Å². The van der Waals surface area contributed by atoms with Gasteiger partial charge in [-0.05, 0) is 36.4 Å². The molecule has 0 aliphatic carbocycles. The molecule has 0 spiro atoms. The molecule has 4 rings (SSSR count). The van der Waals surface area contributed by atoms with E-state index in [0.717, 1.165) is 22.9 Å². The Labute approximate surface area is 141 Å². The highest BCUT2D eigenvalue weighted by Crippen LogP contribution is 2.31. The molecular formula is C18H14F3N3O. The molecule has 0 bridgehead atoms. The number of halogens is 3. The number of hydrogen-bond donors (Lipinski definition) is 2. The van der Waals surface area contributed by atoms with E-state index in [4.69, 9.17) is 0 Å². The summed E-state index contributed by atoms with van der Waals surface area (Å²) in [6, 6.07) is 8.56. The number of phenols is 1. The number of nitrogens with one attached hydrogen (secondary N) is 1. The van der Waals surface area contributed by atoms with Crippen LogP contribution in [0.3, 0.4) is 0 Å². The van der Waals surface area contributed by atoms with Crippen molar-refractivity contribution in [3.05, 3.63) is 65.1 Å². The predicted octanol–water partition coefficient (Wildman–Crippen LogP) is 3.31. The van der Waals surface area contributed by atoms with Crippen molar-refractivity contribution >= 4 is 0 Å². The minimum absolute atomic E-state index is 0.123. The number of nitrogens with zero attached hydrogens (tertiary/aromatic N) is 2. The molecule has 4 nitrogen and oxygen atoms in total. The SMILES string of the molecule is Oc1ccc(-c2nn(-c3ccc(F)c(F)c3F)c3c2CNCC3)cc1. The van der Waals surface area contributed by atoms with Crippen molar-refractivity contribution in [2.45, 2.75) is 13.0 Å².